The van der Waals surface area contributed by atoms with Crippen LogP contribution >= 0.6 is 0 Å². The lowest BCUT2D eigenvalue weighted by molar-refractivity contribution is 1.62. The van der Waals surface area contributed by atoms with Crippen LogP contribution in [0.2, 0.25) is 0 Å². The third-order valence-corrected chi connectivity index (χ3v) is 17.0. The van der Waals surface area contributed by atoms with Crippen molar-refractivity contribution in [1.29, 1.82) is 0 Å². The number of rotatable bonds is 7. The van der Waals surface area contributed by atoms with Crippen LogP contribution in [-0.4, -0.2) is 0 Å². The summed E-state index contributed by atoms with van der Waals surface area (Å²) in [4.78, 5) is 0. The van der Waals surface area contributed by atoms with Crippen molar-refractivity contribution in [1.82, 2.24) is 0 Å². The molecule has 0 spiro atoms. The molecule has 0 atom stereocenters. The first kappa shape index (κ1) is 45.8. The van der Waals surface area contributed by atoms with Crippen LogP contribution in [0.1, 0.15) is 0 Å². The van der Waals surface area contributed by atoms with Gasteiger partial charge in [-0.15, -0.1) is 0 Å². The van der Waals surface area contributed by atoms with E-state index < -0.39 is 0 Å². The van der Waals surface area contributed by atoms with Gasteiger partial charge in [0.05, 0.1) is 0 Å². The van der Waals surface area contributed by atoms with Gasteiger partial charge in [-0.3, -0.25) is 0 Å². The van der Waals surface area contributed by atoms with Gasteiger partial charge in [-0.05, 0) is 176 Å². The molecule has 0 fully saturated rings. The summed E-state index contributed by atoms with van der Waals surface area (Å²) in [5.74, 6) is 0. The first-order chi connectivity index (χ1) is 39.7. The van der Waals surface area contributed by atoms with Gasteiger partial charge in [0.2, 0.25) is 0 Å². The van der Waals surface area contributed by atoms with Crippen LogP contribution in [0, 0.1) is 0 Å². The maximum atomic E-state index is 2.37. The smallest absolute Gasteiger partial charge is 0.00201 e. The van der Waals surface area contributed by atoms with E-state index in [1.807, 2.05) is 0 Å². The lowest BCUT2D eigenvalue weighted by Crippen LogP contribution is -1.92. The second-order valence-corrected chi connectivity index (χ2v) is 21.4. The van der Waals surface area contributed by atoms with Crippen molar-refractivity contribution in [3.8, 4) is 77.9 Å². The van der Waals surface area contributed by atoms with Crippen LogP contribution < -0.4 is 0 Å². The fraction of sp³-hybridized carbons (Fsp3) is 0. The van der Waals surface area contributed by atoms with Crippen molar-refractivity contribution in [2.24, 2.45) is 0 Å². The Labute approximate surface area is 464 Å². The zero-order chi connectivity index (χ0) is 52.7. The van der Waals surface area contributed by atoms with E-state index in [1.165, 1.54) is 164 Å². The second-order valence-electron chi connectivity index (χ2n) is 21.4. The maximum Gasteiger partial charge on any atom is -0.00201 e. The average Bonchev–Trinajstić information content (AvgIpc) is 3.65. The number of fused-ring (bicyclic) bond motifs is 8. The fourth-order valence-corrected chi connectivity index (χ4v) is 13.4. The average molecular weight is 1010 g/mol. The van der Waals surface area contributed by atoms with Crippen LogP contribution in [0.25, 0.3) is 164 Å². The molecule has 370 valence electrons. The molecule has 0 saturated carbocycles. The Balaban J connectivity index is 0.748. The molecule has 0 heterocycles. The number of benzene rings is 16. The molecule has 0 aliphatic rings. The second kappa shape index (κ2) is 18.7. The van der Waals surface area contributed by atoms with Gasteiger partial charge in [-0.25, -0.2) is 0 Å². The van der Waals surface area contributed by atoms with Crippen molar-refractivity contribution in [2.45, 2.75) is 0 Å². The molecule has 0 unspecified atom stereocenters. The predicted molar refractivity (Wildman–Crippen MR) is 345 cm³/mol. The Morgan fingerprint density at radius 1 is 0.125 bits per heavy atom. The monoisotopic (exact) mass is 1010 g/mol. The van der Waals surface area contributed by atoms with Gasteiger partial charge in [-0.1, -0.05) is 291 Å². The van der Waals surface area contributed by atoms with E-state index in [1.54, 1.807) is 0 Å². The van der Waals surface area contributed by atoms with Gasteiger partial charge in [0.25, 0.3) is 0 Å². The van der Waals surface area contributed by atoms with Crippen molar-refractivity contribution < 1.29 is 0 Å². The highest BCUT2D eigenvalue weighted by molar-refractivity contribution is 6.25. The Kier molecular flexibility index (Phi) is 10.7. The molecule has 0 aliphatic heterocycles. The summed E-state index contributed by atoms with van der Waals surface area (Å²) in [6, 6.07) is 113. The van der Waals surface area contributed by atoms with Gasteiger partial charge in [-0.2, -0.15) is 0 Å². The predicted octanol–water partition coefficient (Wildman–Crippen LogP) is 22.6. The molecule has 0 N–H and O–H groups in total. The third-order valence-electron chi connectivity index (χ3n) is 17.0. The Hall–Kier alpha value is -10.4. The van der Waals surface area contributed by atoms with Crippen LogP contribution in [0.5, 0.6) is 0 Å². The van der Waals surface area contributed by atoms with E-state index in [0.29, 0.717) is 0 Å². The van der Waals surface area contributed by atoms with E-state index in [0.717, 1.165) is 0 Å². The highest BCUT2D eigenvalue weighted by Gasteiger charge is 2.21. The van der Waals surface area contributed by atoms with Gasteiger partial charge >= 0.3 is 0 Å². The highest BCUT2D eigenvalue weighted by atomic mass is 14.2. The van der Waals surface area contributed by atoms with E-state index in [9.17, 15) is 0 Å². The quantitative estimate of drug-likeness (QED) is 0.140. The molecule has 0 amide bonds. The van der Waals surface area contributed by atoms with Gasteiger partial charge in [0.1, 0.15) is 0 Å². The van der Waals surface area contributed by atoms with Crippen LogP contribution in [0.4, 0.5) is 0 Å². The summed E-state index contributed by atoms with van der Waals surface area (Å²) in [5, 5.41) is 20.0. The van der Waals surface area contributed by atoms with Crippen LogP contribution in [0.15, 0.2) is 303 Å². The van der Waals surface area contributed by atoms with E-state index >= 15 is 0 Å². The van der Waals surface area contributed by atoms with E-state index in [-0.39, 0.29) is 0 Å². The Morgan fingerprint density at radius 2 is 0.412 bits per heavy atom. The first-order valence-corrected chi connectivity index (χ1v) is 27.8. The topological polar surface area (TPSA) is 0 Å². The minimum absolute atomic E-state index is 1.20. The third kappa shape index (κ3) is 7.38. The lowest BCUT2D eigenvalue weighted by atomic mass is 9.83. The van der Waals surface area contributed by atoms with Crippen molar-refractivity contribution in [3.63, 3.8) is 0 Å². The summed E-state index contributed by atoms with van der Waals surface area (Å²) in [6.07, 6.45) is 0. The zero-order valence-electron chi connectivity index (χ0n) is 43.9. The molecule has 16 rings (SSSR count). The van der Waals surface area contributed by atoms with E-state index in [2.05, 4.69) is 303 Å². The van der Waals surface area contributed by atoms with Crippen LogP contribution in [0.3, 0.4) is 0 Å². The summed E-state index contributed by atoms with van der Waals surface area (Å²) < 4.78 is 0. The Bertz CT molecular complexity index is 5030. The normalized spacial score (nSPS) is 11.8. The molecule has 16 aromatic carbocycles. The summed E-state index contributed by atoms with van der Waals surface area (Å²) in [6.45, 7) is 0. The summed E-state index contributed by atoms with van der Waals surface area (Å²) >= 11 is 0. The standard InChI is InChI=1S/C80H50/c1-3-21-61-52(17-1)19-15-33-62(61)54-37-41-56(42-38-54)78-70-27-9-13-31-74(70)80(75-32-14-10-28-71(75)78)76-48-47-64(65-23-5-6-24-66(65)76)60-46-45-58-49-57(43-44-59(58)50-60)51-35-39-55(40-36-51)77-68-25-7-11-29-72(68)79(73-30-12-8-26-69(73)77)67-34-16-20-53-18-2-4-22-63(53)67/h1-50H. The van der Waals surface area contributed by atoms with Gasteiger partial charge in [0, 0.05) is 0 Å². The summed E-state index contributed by atoms with van der Waals surface area (Å²) in [7, 11) is 0. The molecule has 0 heteroatoms. The molecular formula is C80H50. The van der Waals surface area contributed by atoms with Crippen molar-refractivity contribution in [2.75, 3.05) is 0 Å². The van der Waals surface area contributed by atoms with Crippen molar-refractivity contribution >= 4 is 86.2 Å². The fourth-order valence-electron chi connectivity index (χ4n) is 13.4. The molecule has 0 nitrogen and oxygen atoms in total. The van der Waals surface area contributed by atoms with Crippen LogP contribution in [-0.2, 0) is 0 Å². The van der Waals surface area contributed by atoms with Gasteiger partial charge in [0.15, 0.2) is 0 Å². The van der Waals surface area contributed by atoms with Gasteiger partial charge < -0.3 is 0 Å². The molecular weight excluding hydrogens is 961 g/mol. The molecule has 80 heavy (non-hydrogen) atoms. The number of hydrogen-bond acceptors (Lipinski definition) is 0. The highest BCUT2D eigenvalue weighted by Crippen LogP contribution is 2.49. The SMILES string of the molecule is c1ccc2c(-c3ccc(-c4c5ccccc5c(-c5ccc(-c6ccc7cc(-c8ccc(-c9c%10ccccc%10c(-c%10cccc%11ccccc%10%11)c%10ccccc9%10)cc8)ccc7c6)c6ccccc56)c5ccccc45)cc3)cccc2c1. The molecule has 0 radical (unpaired) electrons. The molecule has 0 saturated heterocycles. The van der Waals surface area contributed by atoms with Crippen molar-refractivity contribution in [3.05, 3.63) is 303 Å². The molecule has 0 aromatic heterocycles. The minimum atomic E-state index is 1.20. The number of hydrogen-bond donors (Lipinski definition) is 0. The molecule has 16 aromatic rings. The molecule has 0 bridgehead atoms. The lowest BCUT2D eigenvalue weighted by Gasteiger charge is -2.20. The first-order valence-electron chi connectivity index (χ1n) is 27.8. The zero-order valence-corrected chi connectivity index (χ0v) is 43.9. The summed E-state index contributed by atoms with van der Waals surface area (Å²) in [5.41, 5.74) is 17.4. The molecule has 0 aliphatic carbocycles. The largest absolute Gasteiger partial charge is 0.0616 e. The minimum Gasteiger partial charge on any atom is -0.0616 e. The maximum absolute atomic E-state index is 2.37. The Morgan fingerprint density at radius 3 is 0.900 bits per heavy atom. The van der Waals surface area contributed by atoms with E-state index in [4.69, 9.17) is 0 Å².